The molecule has 3 aromatic rings. The fourth-order valence-corrected chi connectivity index (χ4v) is 3.41. The van der Waals surface area contributed by atoms with Crippen LogP contribution in [0.5, 0.6) is 0 Å². The van der Waals surface area contributed by atoms with Gasteiger partial charge in [0.2, 0.25) is 11.1 Å². The van der Waals surface area contributed by atoms with Crippen LogP contribution >= 0.6 is 27.7 Å². The molecule has 0 saturated heterocycles. The molecule has 1 aromatic heterocycles. The van der Waals surface area contributed by atoms with Crippen LogP contribution < -0.4 is 5.32 Å². The maximum Gasteiger partial charge on any atom is 0.234 e. The van der Waals surface area contributed by atoms with Crippen molar-refractivity contribution in [3.05, 3.63) is 58.1 Å². The molecule has 0 unspecified atom stereocenters. The van der Waals surface area contributed by atoms with E-state index in [1.54, 1.807) is 4.68 Å². The molecule has 1 amide bonds. The molecule has 8 heteroatoms. The van der Waals surface area contributed by atoms with E-state index in [1.165, 1.54) is 17.3 Å². The van der Waals surface area contributed by atoms with Gasteiger partial charge in [-0.25, -0.2) is 0 Å². The highest BCUT2D eigenvalue weighted by Crippen LogP contribution is 2.23. The maximum atomic E-state index is 12.2. The molecule has 0 fully saturated rings. The van der Waals surface area contributed by atoms with Gasteiger partial charge in [-0.1, -0.05) is 41.6 Å². The first-order chi connectivity index (χ1) is 12.0. The molecule has 0 spiro atoms. The van der Waals surface area contributed by atoms with E-state index in [1.807, 2.05) is 50.2 Å². The number of aryl methyl sites for hydroxylation is 2. The second kappa shape index (κ2) is 7.79. The normalized spacial score (nSPS) is 10.7. The van der Waals surface area contributed by atoms with Gasteiger partial charge in [0, 0.05) is 4.47 Å². The Morgan fingerprint density at radius 1 is 1.24 bits per heavy atom. The Labute approximate surface area is 158 Å². The Balaban J connectivity index is 1.69. The van der Waals surface area contributed by atoms with Gasteiger partial charge in [0.25, 0.3) is 0 Å². The summed E-state index contributed by atoms with van der Waals surface area (Å²) in [7, 11) is 0. The summed E-state index contributed by atoms with van der Waals surface area (Å²) in [6, 6.07) is 13.5. The maximum absolute atomic E-state index is 12.2. The van der Waals surface area contributed by atoms with Gasteiger partial charge in [-0.05, 0) is 64.0 Å². The van der Waals surface area contributed by atoms with Crippen molar-refractivity contribution in [1.82, 2.24) is 20.2 Å². The fraction of sp³-hybridized carbons (Fsp3) is 0.176. The van der Waals surface area contributed by atoms with Crippen molar-refractivity contribution in [2.45, 2.75) is 19.0 Å². The summed E-state index contributed by atoms with van der Waals surface area (Å²) in [4.78, 5) is 12.2. The van der Waals surface area contributed by atoms with E-state index in [2.05, 4.69) is 42.8 Å². The summed E-state index contributed by atoms with van der Waals surface area (Å²) in [5.74, 6) is 0.0965. The van der Waals surface area contributed by atoms with Gasteiger partial charge >= 0.3 is 0 Å². The lowest BCUT2D eigenvalue weighted by atomic mass is 10.1. The van der Waals surface area contributed by atoms with E-state index in [9.17, 15) is 4.79 Å². The van der Waals surface area contributed by atoms with E-state index >= 15 is 0 Å². The van der Waals surface area contributed by atoms with Crippen molar-refractivity contribution >= 4 is 39.3 Å². The number of nitrogens with one attached hydrogen (secondary N) is 1. The predicted molar refractivity (Wildman–Crippen MR) is 102 cm³/mol. The fourth-order valence-electron chi connectivity index (χ4n) is 2.34. The minimum atomic E-state index is -0.118. The first-order valence-corrected chi connectivity index (χ1v) is 9.35. The van der Waals surface area contributed by atoms with Crippen LogP contribution in [0.15, 0.2) is 52.1 Å². The molecule has 1 heterocycles. The molecule has 3 rings (SSSR count). The van der Waals surface area contributed by atoms with Crippen LogP contribution in [0.4, 0.5) is 5.69 Å². The second-order valence-electron chi connectivity index (χ2n) is 5.48. The van der Waals surface area contributed by atoms with Crippen LogP contribution in [0, 0.1) is 13.8 Å². The number of hydrogen-bond donors (Lipinski definition) is 1. The number of carbonyl (C=O) groups excluding carboxylic acids is 1. The van der Waals surface area contributed by atoms with Crippen LogP contribution in [0.2, 0.25) is 0 Å². The molecule has 25 heavy (non-hydrogen) atoms. The van der Waals surface area contributed by atoms with Gasteiger partial charge in [-0.3, -0.25) is 4.79 Å². The van der Waals surface area contributed by atoms with E-state index < -0.39 is 0 Å². The number of amides is 1. The molecule has 1 N–H and O–H groups in total. The van der Waals surface area contributed by atoms with Gasteiger partial charge in [-0.2, -0.15) is 4.68 Å². The molecule has 6 nitrogen and oxygen atoms in total. The topological polar surface area (TPSA) is 72.7 Å². The van der Waals surface area contributed by atoms with Crippen LogP contribution in [-0.2, 0) is 4.79 Å². The highest BCUT2D eigenvalue weighted by Gasteiger charge is 2.13. The second-order valence-corrected chi connectivity index (χ2v) is 7.28. The van der Waals surface area contributed by atoms with Crippen molar-refractivity contribution in [1.29, 1.82) is 0 Å². The zero-order chi connectivity index (χ0) is 17.8. The Morgan fingerprint density at radius 2 is 2.04 bits per heavy atom. The number of rotatable bonds is 5. The van der Waals surface area contributed by atoms with Gasteiger partial charge in [0.05, 0.1) is 17.1 Å². The standard InChI is InChI=1S/C17H16BrN5OS/c1-11-7-8-15(12(2)9-11)23-17(20-21-22-23)25-10-16(24)19-14-6-4-3-5-13(14)18/h3-9H,10H2,1-2H3,(H,19,24). The summed E-state index contributed by atoms with van der Waals surface area (Å²) in [6.07, 6.45) is 0. The Bertz CT molecular complexity index is 912. The van der Waals surface area contributed by atoms with Crippen molar-refractivity contribution in [3.63, 3.8) is 0 Å². The van der Waals surface area contributed by atoms with E-state index in [0.29, 0.717) is 5.16 Å². The molecule has 0 aliphatic heterocycles. The van der Waals surface area contributed by atoms with Crippen LogP contribution in [0.25, 0.3) is 5.69 Å². The highest BCUT2D eigenvalue weighted by molar-refractivity contribution is 9.10. The van der Waals surface area contributed by atoms with Crippen LogP contribution in [-0.4, -0.2) is 31.9 Å². The lowest BCUT2D eigenvalue weighted by molar-refractivity contribution is -0.113. The van der Waals surface area contributed by atoms with Crippen LogP contribution in [0.1, 0.15) is 11.1 Å². The molecule has 0 radical (unpaired) electrons. The molecule has 0 bridgehead atoms. The zero-order valence-electron chi connectivity index (χ0n) is 13.7. The monoisotopic (exact) mass is 417 g/mol. The first-order valence-electron chi connectivity index (χ1n) is 7.58. The number of anilines is 1. The highest BCUT2D eigenvalue weighted by atomic mass is 79.9. The molecule has 0 atom stereocenters. The SMILES string of the molecule is Cc1ccc(-n2nnnc2SCC(=O)Nc2ccccc2Br)c(C)c1. The largest absolute Gasteiger partial charge is 0.324 e. The van der Waals surface area contributed by atoms with Crippen molar-refractivity contribution in [2.75, 3.05) is 11.1 Å². The van der Waals surface area contributed by atoms with E-state index in [0.717, 1.165) is 21.4 Å². The Kier molecular flexibility index (Phi) is 5.50. The zero-order valence-corrected chi connectivity index (χ0v) is 16.1. The molecule has 0 aliphatic carbocycles. The number of nitrogens with zero attached hydrogens (tertiary/aromatic N) is 4. The van der Waals surface area contributed by atoms with Crippen molar-refractivity contribution in [2.24, 2.45) is 0 Å². The van der Waals surface area contributed by atoms with Gasteiger partial charge in [-0.15, -0.1) is 5.10 Å². The number of benzene rings is 2. The average Bonchev–Trinajstić information content (AvgIpc) is 3.03. The number of tetrazole rings is 1. The number of hydrogen-bond acceptors (Lipinski definition) is 5. The third-order valence-corrected chi connectivity index (χ3v) is 5.11. The summed E-state index contributed by atoms with van der Waals surface area (Å²) < 4.78 is 2.50. The van der Waals surface area contributed by atoms with Crippen LogP contribution in [0.3, 0.4) is 0 Å². The lowest BCUT2D eigenvalue weighted by Gasteiger charge is -2.09. The minimum absolute atomic E-state index is 0.118. The molecule has 0 aliphatic rings. The molecular weight excluding hydrogens is 402 g/mol. The van der Waals surface area contributed by atoms with Gasteiger partial charge in [0.1, 0.15) is 0 Å². The molecule has 2 aromatic carbocycles. The van der Waals surface area contributed by atoms with E-state index in [-0.39, 0.29) is 11.7 Å². The third-order valence-electron chi connectivity index (χ3n) is 3.50. The van der Waals surface area contributed by atoms with Gasteiger partial charge < -0.3 is 5.32 Å². The number of thioether (sulfide) groups is 1. The van der Waals surface area contributed by atoms with Crippen molar-refractivity contribution in [3.8, 4) is 5.69 Å². The number of carbonyl (C=O) groups is 1. The molecular formula is C17H16BrN5OS. The summed E-state index contributed by atoms with van der Waals surface area (Å²) in [5, 5.41) is 15.3. The quantitative estimate of drug-likeness (QED) is 0.639. The predicted octanol–water partition coefficient (Wildman–Crippen LogP) is 3.77. The molecule has 0 saturated carbocycles. The number of aromatic nitrogens is 4. The van der Waals surface area contributed by atoms with Gasteiger partial charge in [0.15, 0.2) is 0 Å². The minimum Gasteiger partial charge on any atom is -0.324 e. The number of halogens is 1. The average molecular weight is 418 g/mol. The summed E-state index contributed by atoms with van der Waals surface area (Å²) >= 11 is 4.71. The third kappa shape index (κ3) is 4.26. The first kappa shape index (κ1) is 17.6. The smallest absolute Gasteiger partial charge is 0.234 e. The Hall–Kier alpha value is -2.19. The number of para-hydroxylation sites is 1. The van der Waals surface area contributed by atoms with E-state index in [4.69, 9.17) is 0 Å². The van der Waals surface area contributed by atoms with Crippen molar-refractivity contribution < 1.29 is 4.79 Å². The summed E-state index contributed by atoms with van der Waals surface area (Å²) in [5.41, 5.74) is 3.90. The molecule has 128 valence electrons. The summed E-state index contributed by atoms with van der Waals surface area (Å²) in [6.45, 7) is 4.05. The lowest BCUT2D eigenvalue weighted by Crippen LogP contribution is -2.15. The Morgan fingerprint density at radius 3 is 2.80 bits per heavy atom.